The number of para-hydroxylation sites is 3. The third-order valence-corrected chi connectivity index (χ3v) is 13.5. The molecule has 294 valence electrons. The third-order valence-electron chi connectivity index (χ3n) is 13.5. The standard InChI is InChI=1S/C61H40N2/c1-4-20-41(21-5-1)44-36-45(42-22-6-2-7-23-42)38-46(37-44)62(57-33-17-12-26-48(57)43-24-8-3-9-25-43)47-39-52-51-29-13-18-34-58(51)63-59-35-19-16-32-55(59)61(56(40-47)60(52)63)53-30-14-10-27-49(53)50-28-11-15-31-54(50)61/h1-40H. The van der Waals surface area contributed by atoms with E-state index < -0.39 is 5.41 Å². The zero-order valence-corrected chi connectivity index (χ0v) is 34.5. The highest BCUT2D eigenvalue weighted by atomic mass is 15.1. The molecule has 2 nitrogen and oxygen atoms in total. The van der Waals surface area contributed by atoms with Crippen molar-refractivity contribution in [3.8, 4) is 50.2 Å². The van der Waals surface area contributed by atoms with Crippen molar-refractivity contribution in [1.82, 2.24) is 4.57 Å². The Labute approximate surface area is 367 Å². The van der Waals surface area contributed by atoms with E-state index in [4.69, 9.17) is 0 Å². The van der Waals surface area contributed by atoms with Crippen LogP contribution in [0.4, 0.5) is 17.1 Å². The minimum atomic E-state index is -0.575. The third kappa shape index (κ3) is 5.19. The Morgan fingerprint density at radius 2 is 0.810 bits per heavy atom. The lowest BCUT2D eigenvalue weighted by atomic mass is 9.65. The molecule has 2 heteroatoms. The number of nitrogens with zero attached hydrogens (tertiary/aromatic N) is 2. The molecule has 1 aliphatic heterocycles. The second kappa shape index (κ2) is 13.9. The fourth-order valence-electron chi connectivity index (χ4n) is 11.0. The summed E-state index contributed by atoms with van der Waals surface area (Å²) in [6.45, 7) is 0. The first-order valence-electron chi connectivity index (χ1n) is 21.8. The van der Waals surface area contributed by atoms with Crippen molar-refractivity contribution >= 4 is 38.9 Å². The highest BCUT2D eigenvalue weighted by molar-refractivity contribution is 6.14. The smallest absolute Gasteiger partial charge is 0.0755 e. The Balaban J connectivity index is 1.20. The average molecular weight is 801 g/mol. The number of rotatable bonds is 6. The van der Waals surface area contributed by atoms with Crippen LogP contribution in [0.25, 0.3) is 72.0 Å². The molecule has 0 N–H and O–H groups in total. The molecule has 63 heavy (non-hydrogen) atoms. The van der Waals surface area contributed by atoms with Gasteiger partial charge in [0.05, 0.1) is 27.8 Å². The Hall–Kier alpha value is -8.20. The van der Waals surface area contributed by atoms with E-state index in [9.17, 15) is 0 Å². The lowest BCUT2D eigenvalue weighted by Gasteiger charge is -2.40. The van der Waals surface area contributed by atoms with Crippen LogP contribution in [0.5, 0.6) is 0 Å². The van der Waals surface area contributed by atoms with Gasteiger partial charge in [-0.15, -0.1) is 0 Å². The molecule has 0 saturated carbocycles. The molecule has 2 aliphatic rings. The summed E-state index contributed by atoms with van der Waals surface area (Å²) in [5.41, 5.74) is 21.2. The van der Waals surface area contributed by atoms with E-state index in [2.05, 4.69) is 252 Å². The molecule has 10 aromatic carbocycles. The molecule has 1 aliphatic carbocycles. The number of hydrogen-bond acceptors (Lipinski definition) is 1. The van der Waals surface area contributed by atoms with Gasteiger partial charge in [-0.3, -0.25) is 0 Å². The van der Waals surface area contributed by atoms with E-state index in [1.165, 1.54) is 77.6 Å². The van der Waals surface area contributed by atoms with Gasteiger partial charge >= 0.3 is 0 Å². The molecule has 2 heterocycles. The first-order chi connectivity index (χ1) is 31.3. The maximum Gasteiger partial charge on any atom is 0.0755 e. The minimum absolute atomic E-state index is 0.575. The molecule has 1 aromatic heterocycles. The van der Waals surface area contributed by atoms with Crippen molar-refractivity contribution in [2.75, 3.05) is 4.90 Å². The van der Waals surface area contributed by atoms with Crippen molar-refractivity contribution in [1.29, 1.82) is 0 Å². The van der Waals surface area contributed by atoms with E-state index in [1.807, 2.05) is 0 Å². The quantitative estimate of drug-likeness (QED) is 0.163. The van der Waals surface area contributed by atoms with Crippen molar-refractivity contribution in [2.45, 2.75) is 5.41 Å². The SMILES string of the molecule is c1ccc(-c2cc(-c3ccccc3)cc(N(c3cc4c5c(c3)c3ccccc3n5-c3ccccc3C43c4ccccc4-c4ccccc43)c3ccccc3-c3ccccc3)c2)cc1. The van der Waals surface area contributed by atoms with E-state index in [-0.39, 0.29) is 0 Å². The predicted octanol–water partition coefficient (Wildman–Crippen LogP) is 15.9. The maximum atomic E-state index is 2.54. The van der Waals surface area contributed by atoms with Crippen LogP contribution >= 0.6 is 0 Å². The first-order valence-corrected chi connectivity index (χ1v) is 21.8. The van der Waals surface area contributed by atoms with Gasteiger partial charge in [0.25, 0.3) is 0 Å². The van der Waals surface area contributed by atoms with Crippen LogP contribution in [0, 0.1) is 0 Å². The highest BCUT2D eigenvalue weighted by Crippen LogP contribution is 2.62. The van der Waals surface area contributed by atoms with Gasteiger partial charge in [0, 0.05) is 27.7 Å². The van der Waals surface area contributed by atoms with Crippen molar-refractivity contribution < 1.29 is 0 Å². The lowest BCUT2D eigenvalue weighted by molar-refractivity contribution is 0.748. The van der Waals surface area contributed by atoms with Gasteiger partial charge < -0.3 is 9.47 Å². The molecule has 0 unspecified atom stereocenters. The number of hydrogen-bond donors (Lipinski definition) is 0. The van der Waals surface area contributed by atoms with Crippen LogP contribution in [-0.4, -0.2) is 4.57 Å². The van der Waals surface area contributed by atoms with Gasteiger partial charge in [-0.1, -0.05) is 194 Å². The fraction of sp³-hybridized carbons (Fsp3) is 0.0164. The summed E-state index contributed by atoms with van der Waals surface area (Å²) in [6.07, 6.45) is 0. The van der Waals surface area contributed by atoms with E-state index in [1.54, 1.807) is 0 Å². The predicted molar refractivity (Wildman–Crippen MR) is 263 cm³/mol. The second-order valence-corrected chi connectivity index (χ2v) is 16.8. The Morgan fingerprint density at radius 1 is 0.317 bits per heavy atom. The summed E-state index contributed by atoms with van der Waals surface area (Å²) in [5.74, 6) is 0. The Morgan fingerprint density at radius 3 is 1.46 bits per heavy atom. The molecule has 0 saturated heterocycles. The second-order valence-electron chi connectivity index (χ2n) is 16.8. The minimum Gasteiger partial charge on any atom is -0.310 e. The average Bonchev–Trinajstić information content (AvgIpc) is 3.85. The van der Waals surface area contributed by atoms with Gasteiger partial charge in [0.15, 0.2) is 0 Å². The van der Waals surface area contributed by atoms with E-state index in [0.717, 1.165) is 33.8 Å². The molecular weight excluding hydrogens is 761 g/mol. The molecular formula is C61H40N2. The van der Waals surface area contributed by atoms with Crippen LogP contribution < -0.4 is 4.90 Å². The topological polar surface area (TPSA) is 8.17 Å². The monoisotopic (exact) mass is 800 g/mol. The number of fused-ring (bicyclic) bond motifs is 12. The summed E-state index contributed by atoms with van der Waals surface area (Å²) >= 11 is 0. The number of anilines is 3. The molecule has 13 rings (SSSR count). The Kier molecular flexibility index (Phi) is 7.85. The van der Waals surface area contributed by atoms with Crippen LogP contribution in [0.1, 0.15) is 22.3 Å². The summed E-state index contributed by atoms with van der Waals surface area (Å²) in [4.78, 5) is 2.53. The maximum absolute atomic E-state index is 2.54. The van der Waals surface area contributed by atoms with Gasteiger partial charge in [-0.05, 0) is 110 Å². The molecule has 0 radical (unpaired) electrons. The van der Waals surface area contributed by atoms with E-state index >= 15 is 0 Å². The molecule has 0 bridgehead atoms. The summed E-state index contributed by atoms with van der Waals surface area (Å²) < 4.78 is 2.54. The van der Waals surface area contributed by atoms with Gasteiger partial charge in [-0.25, -0.2) is 0 Å². The summed E-state index contributed by atoms with van der Waals surface area (Å²) in [5, 5.41) is 2.47. The Bertz CT molecular complexity index is 3460. The van der Waals surface area contributed by atoms with Crippen LogP contribution in [0.3, 0.4) is 0 Å². The first kappa shape index (κ1) is 35.5. The van der Waals surface area contributed by atoms with Gasteiger partial charge in [0.2, 0.25) is 0 Å². The molecule has 0 amide bonds. The van der Waals surface area contributed by atoms with Crippen LogP contribution in [0.15, 0.2) is 243 Å². The lowest BCUT2D eigenvalue weighted by Crippen LogP contribution is -2.33. The normalized spacial score (nSPS) is 12.9. The zero-order chi connectivity index (χ0) is 41.5. The van der Waals surface area contributed by atoms with Gasteiger partial charge in [-0.2, -0.15) is 0 Å². The largest absolute Gasteiger partial charge is 0.310 e. The number of benzene rings is 10. The molecule has 0 atom stereocenters. The van der Waals surface area contributed by atoms with Crippen molar-refractivity contribution in [3.05, 3.63) is 265 Å². The molecule has 1 spiro atoms. The van der Waals surface area contributed by atoms with Gasteiger partial charge in [0.1, 0.15) is 0 Å². The zero-order valence-electron chi connectivity index (χ0n) is 34.5. The molecule has 11 aromatic rings. The van der Waals surface area contributed by atoms with Crippen molar-refractivity contribution in [3.63, 3.8) is 0 Å². The van der Waals surface area contributed by atoms with E-state index in [0.29, 0.717) is 0 Å². The highest BCUT2D eigenvalue weighted by Gasteiger charge is 2.51. The van der Waals surface area contributed by atoms with Crippen molar-refractivity contribution in [2.24, 2.45) is 0 Å². The van der Waals surface area contributed by atoms with Crippen LogP contribution in [-0.2, 0) is 5.41 Å². The molecule has 0 fully saturated rings. The van der Waals surface area contributed by atoms with Crippen LogP contribution in [0.2, 0.25) is 0 Å². The summed E-state index contributed by atoms with van der Waals surface area (Å²) in [6, 6.07) is 89.8. The number of aromatic nitrogens is 1. The fourth-order valence-corrected chi connectivity index (χ4v) is 11.0. The summed E-state index contributed by atoms with van der Waals surface area (Å²) in [7, 11) is 0.